The quantitative estimate of drug-likeness (QED) is 0.865. The predicted molar refractivity (Wildman–Crippen MR) is 73.0 cm³/mol. The molecule has 2 atom stereocenters. The highest BCUT2D eigenvalue weighted by atomic mass is 79.9. The summed E-state index contributed by atoms with van der Waals surface area (Å²) < 4.78 is 1.04. The molecule has 2 fully saturated rings. The van der Waals surface area contributed by atoms with E-state index < -0.39 is 0 Å². The summed E-state index contributed by atoms with van der Waals surface area (Å²) in [5.74, 6) is 2.62. The third-order valence-electron chi connectivity index (χ3n) is 4.07. The first-order chi connectivity index (χ1) is 8.03. The Labute approximate surface area is 111 Å². The number of anilines is 1. The van der Waals surface area contributed by atoms with Gasteiger partial charge in [-0.25, -0.2) is 4.98 Å². The minimum atomic E-state index is 0.0641. The van der Waals surface area contributed by atoms with Crippen molar-refractivity contribution in [1.82, 2.24) is 4.98 Å². The van der Waals surface area contributed by atoms with Crippen LogP contribution in [0.1, 0.15) is 19.8 Å². The smallest absolute Gasteiger partial charge is 0.128 e. The van der Waals surface area contributed by atoms with Crippen LogP contribution in [0.15, 0.2) is 22.8 Å². The van der Waals surface area contributed by atoms with Crippen molar-refractivity contribution >= 4 is 21.7 Å². The summed E-state index contributed by atoms with van der Waals surface area (Å²) in [4.78, 5) is 6.87. The fourth-order valence-electron chi connectivity index (χ4n) is 3.42. The number of fused-ring (bicyclic) bond motifs is 1. The number of nitrogens with two attached hydrogens (primary N) is 1. The van der Waals surface area contributed by atoms with Crippen molar-refractivity contribution in [2.24, 2.45) is 17.6 Å². The Morgan fingerprint density at radius 3 is 2.53 bits per heavy atom. The highest BCUT2D eigenvalue weighted by molar-refractivity contribution is 9.10. The molecular formula is C13H18BrN3. The van der Waals surface area contributed by atoms with E-state index in [0.29, 0.717) is 0 Å². The van der Waals surface area contributed by atoms with Crippen molar-refractivity contribution in [1.29, 1.82) is 0 Å². The van der Waals surface area contributed by atoms with E-state index in [-0.39, 0.29) is 5.54 Å². The van der Waals surface area contributed by atoms with Crippen molar-refractivity contribution < 1.29 is 0 Å². The Morgan fingerprint density at radius 2 is 2.00 bits per heavy atom. The Bertz CT molecular complexity index is 399. The van der Waals surface area contributed by atoms with Crippen LogP contribution in [0.5, 0.6) is 0 Å². The van der Waals surface area contributed by atoms with Gasteiger partial charge in [0.2, 0.25) is 0 Å². The SMILES string of the molecule is CC1(N)CC2CN(c3ccc(Br)cn3)CC2C1. The Hall–Kier alpha value is -0.610. The zero-order valence-electron chi connectivity index (χ0n) is 10.1. The summed E-state index contributed by atoms with van der Waals surface area (Å²) in [6, 6.07) is 4.15. The maximum atomic E-state index is 6.23. The molecule has 17 heavy (non-hydrogen) atoms. The molecule has 0 spiro atoms. The summed E-state index contributed by atoms with van der Waals surface area (Å²) in [6.45, 7) is 4.42. The standard InChI is InChI=1S/C13H18BrN3/c1-13(15)4-9-7-17(8-10(9)5-13)12-3-2-11(14)6-16-12/h2-3,6,9-10H,4-5,7-8,15H2,1H3. The van der Waals surface area contributed by atoms with E-state index in [4.69, 9.17) is 5.73 Å². The molecule has 1 aromatic heterocycles. The molecule has 92 valence electrons. The van der Waals surface area contributed by atoms with Gasteiger partial charge in [-0.2, -0.15) is 0 Å². The van der Waals surface area contributed by atoms with Crippen LogP contribution in [0.4, 0.5) is 5.82 Å². The second-order valence-corrected chi connectivity index (χ2v) is 6.74. The molecule has 0 radical (unpaired) electrons. The van der Waals surface area contributed by atoms with Gasteiger partial charge in [0.25, 0.3) is 0 Å². The zero-order chi connectivity index (χ0) is 12.0. The number of hydrogen-bond donors (Lipinski definition) is 1. The van der Waals surface area contributed by atoms with Gasteiger partial charge in [-0.3, -0.25) is 0 Å². The molecule has 1 aliphatic carbocycles. The lowest BCUT2D eigenvalue weighted by molar-refractivity contribution is 0.449. The monoisotopic (exact) mass is 295 g/mol. The number of pyridine rings is 1. The van der Waals surface area contributed by atoms with Gasteiger partial charge >= 0.3 is 0 Å². The van der Waals surface area contributed by atoms with E-state index in [2.05, 4.69) is 44.9 Å². The average Bonchev–Trinajstić information content (AvgIpc) is 2.72. The van der Waals surface area contributed by atoms with Gasteiger partial charge in [-0.15, -0.1) is 0 Å². The van der Waals surface area contributed by atoms with E-state index in [0.717, 1.165) is 48.1 Å². The number of halogens is 1. The molecule has 3 rings (SSSR count). The van der Waals surface area contributed by atoms with Crippen molar-refractivity contribution in [3.63, 3.8) is 0 Å². The molecular weight excluding hydrogens is 278 g/mol. The molecule has 1 aliphatic heterocycles. The minimum Gasteiger partial charge on any atom is -0.356 e. The molecule has 2 N–H and O–H groups in total. The van der Waals surface area contributed by atoms with E-state index >= 15 is 0 Å². The second kappa shape index (κ2) is 3.95. The van der Waals surface area contributed by atoms with E-state index in [1.54, 1.807) is 0 Å². The third kappa shape index (κ3) is 2.20. The molecule has 0 amide bonds. The fourth-order valence-corrected chi connectivity index (χ4v) is 3.66. The molecule has 1 saturated heterocycles. The lowest BCUT2D eigenvalue weighted by Gasteiger charge is -2.23. The molecule has 4 heteroatoms. The lowest BCUT2D eigenvalue weighted by Crippen LogP contribution is -2.35. The summed E-state index contributed by atoms with van der Waals surface area (Å²) in [6.07, 6.45) is 4.19. The molecule has 3 nitrogen and oxygen atoms in total. The predicted octanol–water partition coefficient (Wildman–Crippen LogP) is 2.41. The summed E-state index contributed by atoms with van der Waals surface area (Å²) in [7, 11) is 0. The number of hydrogen-bond acceptors (Lipinski definition) is 3. The van der Waals surface area contributed by atoms with Gasteiger partial charge in [-0.1, -0.05) is 0 Å². The number of rotatable bonds is 1. The first-order valence-electron chi connectivity index (χ1n) is 6.19. The lowest BCUT2D eigenvalue weighted by atomic mass is 10.00. The van der Waals surface area contributed by atoms with E-state index in [1.165, 1.54) is 0 Å². The van der Waals surface area contributed by atoms with Crippen LogP contribution >= 0.6 is 15.9 Å². The first kappa shape index (κ1) is 11.5. The van der Waals surface area contributed by atoms with Crippen LogP contribution in [0, 0.1) is 11.8 Å². The highest BCUT2D eigenvalue weighted by Gasteiger charge is 2.45. The van der Waals surface area contributed by atoms with Gasteiger partial charge in [0, 0.05) is 29.3 Å². The molecule has 0 bridgehead atoms. The van der Waals surface area contributed by atoms with Crippen LogP contribution in [0.2, 0.25) is 0 Å². The first-order valence-corrected chi connectivity index (χ1v) is 6.98. The second-order valence-electron chi connectivity index (χ2n) is 5.82. The van der Waals surface area contributed by atoms with E-state index in [9.17, 15) is 0 Å². The van der Waals surface area contributed by atoms with Crippen LogP contribution in [0.3, 0.4) is 0 Å². The van der Waals surface area contributed by atoms with Crippen molar-refractivity contribution in [3.8, 4) is 0 Å². The van der Waals surface area contributed by atoms with Crippen molar-refractivity contribution in [2.75, 3.05) is 18.0 Å². The maximum absolute atomic E-state index is 6.23. The van der Waals surface area contributed by atoms with E-state index in [1.807, 2.05) is 6.20 Å². The van der Waals surface area contributed by atoms with Gasteiger partial charge in [0.05, 0.1) is 0 Å². The number of aromatic nitrogens is 1. The van der Waals surface area contributed by atoms with Gasteiger partial charge in [-0.05, 0) is 59.7 Å². The normalized spacial score (nSPS) is 36.3. The topological polar surface area (TPSA) is 42.1 Å². The Kier molecular flexibility index (Phi) is 2.67. The van der Waals surface area contributed by atoms with Crippen LogP contribution < -0.4 is 10.6 Å². The largest absolute Gasteiger partial charge is 0.356 e. The van der Waals surface area contributed by atoms with Crippen molar-refractivity contribution in [2.45, 2.75) is 25.3 Å². The van der Waals surface area contributed by atoms with Crippen LogP contribution in [0.25, 0.3) is 0 Å². The molecule has 2 aliphatic rings. The zero-order valence-corrected chi connectivity index (χ0v) is 11.7. The Morgan fingerprint density at radius 1 is 1.35 bits per heavy atom. The summed E-state index contributed by atoms with van der Waals surface area (Å²) >= 11 is 3.42. The minimum absolute atomic E-state index is 0.0641. The van der Waals surface area contributed by atoms with Crippen molar-refractivity contribution in [3.05, 3.63) is 22.8 Å². The molecule has 1 aromatic rings. The molecule has 0 aromatic carbocycles. The summed E-state index contributed by atoms with van der Waals surface area (Å²) in [5, 5.41) is 0. The third-order valence-corrected chi connectivity index (χ3v) is 4.54. The Balaban J connectivity index is 1.72. The summed E-state index contributed by atoms with van der Waals surface area (Å²) in [5.41, 5.74) is 6.30. The fraction of sp³-hybridized carbons (Fsp3) is 0.615. The van der Waals surface area contributed by atoms with Gasteiger partial charge < -0.3 is 10.6 Å². The van der Waals surface area contributed by atoms with Crippen LogP contribution in [-0.2, 0) is 0 Å². The molecule has 1 saturated carbocycles. The maximum Gasteiger partial charge on any atom is 0.128 e. The molecule has 2 unspecified atom stereocenters. The van der Waals surface area contributed by atoms with Gasteiger partial charge in [0.1, 0.15) is 5.82 Å². The molecule has 2 heterocycles. The highest BCUT2D eigenvalue weighted by Crippen LogP contribution is 2.43. The average molecular weight is 296 g/mol. The van der Waals surface area contributed by atoms with Gasteiger partial charge in [0.15, 0.2) is 0 Å². The van der Waals surface area contributed by atoms with Crippen LogP contribution in [-0.4, -0.2) is 23.6 Å². The number of nitrogens with zero attached hydrogens (tertiary/aromatic N) is 2.